The molecule has 0 aromatic heterocycles. The fourth-order valence-corrected chi connectivity index (χ4v) is 3.78. The highest BCUT2D eigenvalue weighted by Gasteiger charge is 2.02. The molecule has 0 fully saturated rings. The van der Waals surface area contributed by atoms with Crippen LogP contribution in [-0.2, 0) is 15.6 Å². The van der Waals surface area contributed by atoms with Gasteiger partial charge in [-0.15, -0.1) is 0 Å². The van der Waals surface area contributed by atoms with Gasteiger partial charge in [0, 0.05) is 17.8 Å². The molecule has 90 valence electrons. The summed E-state index contributed by atoms with van der Waals surface area (Å²) < 4.78 is 21.9. The summed E-state index contributed by atoms with van der Waals surface area (Å²) in [5, 5.41) is 0. The Hall–Kier alpha value is -0.480. The van der Waals surface area contributed by atoms with E-state index in [1.807, 2.05) is 0 Å². The molecule has 16 heavy (non-hydrogen) atoms. The maximum absolute atomic E-state index is 10.9. The minimum Gasteiger partial charge on any atom is -0.229 e. The maximum atomic E-state index is 10.9. The van der Waals surface area contributed by atoms with E-state index in [9.17, 15) is 8.42 Å². The maximum Gasteiger partial charge on any atom is 0.148 e. The van der Waals surface area contributed by atoms with Crippen LogP contribution in [0.5, 0.6) is 0 Å². The molecule has 0 bridgehead atoms. The summed E-state index contributed by atoms with van der Waals surface area (Å²) in [5.74, 6) is 1.83. The summed E-state index contributed by atoms with van der Waals surface area (Å²) in [6.07, 6.45) is 1.28. The molecule has 0 radical (unpaired) electrons. The van der Waals surface area contributed by atoms with Crippen LogP contribution in [0.1, 0.15) is 16.7 Å². The third-order valence-corrected chi connectivity index (χ3v) is 4.38. The second kappa shape index (κ2) is 5.73. The molecule has 0 spiro atoms. The second-order valence-electron chi connectivity index (χ2n) is 4.18. The van der Waals surface area contributed by atoms with Gasteiger partial charge in [0.25, 0.3) is 0 Å². The number of hydrogen-bond acceptors (Lipinski definition) is 3. The topological polar surface area (TPSA) is 34.1 Å². The zero-order valence-electron chi connectivity index (χ0n) is 9.99. The van der Waals surface area contributed by atoms with Gasteiger partial charge in [-0.05, 0) is 19.4 Å². The first-order chi connectivity index (χ1) is 7.37. The van der Waals surface area contributed by atoms with Gasteiger partial charge < -0.3 is 0 Å². The zero-order valence-corrected chi connectivity index (χ0v) is 11.6. The van der Waals surface area contributed by atoms with E-state index in [2.05, 4.69) is 32.0 Å². The Kier molecular flexibility index (Phi) is 4.87. The minimum atomic E-state index is -2.82. The largest absolute Gasteiger partial charge is 0.229 e. The van der Waals surface area contributed by atoms with Crippen LogP contribution < -0.4 is 0 Å². The van der Waals surface area contributed by atoms with Gasteiger partial charge in [0.15, 0.2) is 0 Å². The fraction of sp³-hybridized carbons (Fsp3) is 0.500. The molecule has 4 heteroatoms. The standard InChI is InChI=1S/C12H18O2S2/c1-10-6-11(2)8-12(7-10)9-15-4-5-16(3,13)14/h6-8H,4-5,9H2,1-3H3. The summed E-state index contributed by atoms with van der Waals surface area (Å²) in [6, 6.07) is 6.45. The molecule has 1 aromatic rings. The van der Waals surface area contributed by atoms with Crippen LogP contribution in [0.15, 0.2) is 18.2 Å². The van der Waals surface area contributed by atoms with Crippen molar-refractivity contribution in [1.29, 1.82) is 0 Å². The normalized spacial score (nSPS) is 11.7. The fourth-order valence-electron chi connectivity index (χ4n) is 1.55. The van der Waals surface area contributed by atoms with E-state index in [0.717, 1.165) is 5.75 Å². The van der Waals surface area contributed by atoms with Crippen LogP contribution in [-0.4, -0.2) is 26.2 Å². The average Bonchev–Trinajstić information content (AvgIpc) is 2.09. The lowest BCUT2D eigenvalue weighted by molar-refractivity contribution is 0.603. The molecule has 0 saturated heterocycles. The van der Waals surface area contributed by atoms with Gasteiger partial charge in [-0.2, -0.15) is 11.8 Å². The van der Waals surface area contributed by atoms with E-state index < -0.39 is 9.84 Å². The molecule has 0 unspecified atom stereocenters. The minimum absolute atomic E-state index is 0.266. The third-order valence-electron chi connectivity index (χ3n) is 2.15. The lowest BCUT2D eigenvalue weighted by Crippen LogP contribution is -2.05. The summed E-state index contributed by atoms with van der Waals surface area (Å²) in [7, 11) is -2.82. The molecule has 0 aliphatic heterocycles. The number of sulfone groups is 1. The molecule has 0 aliphatic carbocycles. The van der Waals surface area contributed by atoms with Crippen LogP contribution in [0, 0.1) is 13.8 Å². The lowest BCUT2D eigenvalue weighted by atomic mass is 10.1. The molecule has 1 rings (SSSR count). The Morgan fingerprint density at radius 2 is 1.69 bits per heavy atom. The molecular formula is C12H18O2S2. The monoisotopic (exact) mass is 258 g/mol. The molecule has 1 aromatic carbocycles. The van der Waals surface area contributed by atoms with E-state index in [1.54, 1.807) is 11.8 Å². The first-order valence-electron chi connectivity index (χ1n) is 5.19. The van der Waals surface area contributed by atoms with Gasteiger partial charge in [-0.25, -0.2) is 8.42 Å². The SMILES string of the molecule is Cc1cc(C)cc(CSCCS(C)(=O)=O)c1. The van der Waals surface area contributed by atoms with Crippen molar-refractivity contribution < 1.29 is 8.42 Å². The van der Waals surface area contributed by atoms with Gasteiger partial charge in [0.1, 0.15) is 9.84 Å². The summed E-state index contributed by atoms with van der Waals surface area (Å²) in [4.78, 5) is 0. The van der Waals surface area contributed by atoms with E-state index >= 15 is 0 Å². The van der Waals surface area contributed by atoms with E-state index in [-0.39, 0.29) is 5.75 Å². The lowest BCUT2D eigenvalue weighted by Gasteiger charge is -2.04. The molecule has 0 atom stereocenters. The van der Waals surface area contributed by atoms with Crippen molar-refractivity contribution in [3.05, 3.63) is 34.9 Å². The predicted octanol–water partition coefficient (Wildman–Crippen LogP) is 2.58. The highest BCUT2D eigenvalue weighted by molar-refractivity contribution is 7.99. The number of thioether (sulfide) groups is 1. The Labute approximate surface area is 102 Å². The zero-order chi connectivity index (χ0) is 12.2. The summed E-state index contributed by atoms with van der Waals surface area (Å²) in [5.41, 5.74) is 3.80. The Morgan fingerprint density at radius 3 is 2.19 bits per heavy atom. The molecule has 0 amide bonds. The number of benzene rings is 1. The van der Waals surface area contributed by atoms with Crippen molar-refractivity contribution >= 4 is 21.6 Å². The van der Waals surface area contributed by atoms with Crippen LogP contribution >= 0.6 is 11.8 Å². The van der Waals surface area contributed by atoms with E-state index in [1.165, 1.54) is 22.9 Å². The molecule has 0 heterocycles. The van der Waals surface area contributed by atoms with Gasteiger partial charge in [0.2, 0.25) is 0 Å². The predicted molar refractivity (Wildman–Crippen MR) is 71.8 cm³/mol. The Morgan fingerprint density at radius 1 is 1.12 bits per heavy atom. The first-order valence-corrected chi connectivity index (χ1v) is 8.41. The molecule has 0 N–H and O–H groups in total. The van der Waals surface area contributed by atoms with Crippen molar-refractivity contribution in [3.63, 3.8) is 0 Å². The average molecular weight is 258 g/mol. The highest BCUT2D eigenvalue weighted by atomic mass is 32.2. The van der Waals surface area contributed by atoms with Crippen LogP contribution in [0.2, 0.25) is 0 Å². The van der Waals surface area contributed by atoms with Gasteiger partial charge >= 0.3 is 0 Å². The van der Waals surface area contributed by atoms with Gasteiger partial charge in [0.05, 0.1) is 5.75 Å². The molecule has 2 nitrogen and oxygen atoms in total. The van der Waals surface area contributed by atoms with Crippen LogP contribution in [0.3, 0.4) is 0 Å². The molecule has 0 saturated carbocycles. The molecular weight excluding hydrogens is 240 g/mol. The highest BCUT2D eigenvalue weighted by Crippen LogP contribution is 2.15. The van der Waals surface area contributed by atoms with Crippen molar-refractivity contribution in [2.45, 2.75) is 19.6 Å². The van der Waals surface area contributed by atoms with Crippen LogP contribution in [0.4, 0.5) is 0 Å². The van der Waals surface area contributed by atoms with Gasteiger partial charge in [-0.1, -0.05) is 29.3 Å². The quantitative estimate of drug-likeness (QED) is 0.761. The second-order valence-corrected chi connectivity index (χ2v) is 7.54. The summed E-state index contributed by atoms with van der Waals surface area (Å²) >= 11 is 1.67. The number of rotatable bonds is 5. The third kappa shape index (κ3) is 5.56. The Bertz CT molecular complexity index is 430. The van der Waals surface area contributed by atoms with Crippen LogP contribution in [0.25, 0.3) is 0 Å². The van der Waals surface area contributed by atoms with Gasteiger partial charge in [-0.3, -0.25) is 0 Å². The van der Waals surface area contributed by atoms with Crippen molar-refractivity contribution in [1.82, 2.24) is 0 Å². The molecule has 0 aliphatic rings. The van der Waals surface area contributed by atoms with E-state index in [4.69, 9.17) is 0 Å². The number of hydrogen-bond donors (Lipinski definition) is 0. The van der Waals surface area contributed by atoms with Crippen molar-refractivity contribution in [3.8, 4) is 0 Å². The van der Waals surface area contributed by atoms with Crippen molar-refractivity contribution in [2.75, 3.05) is 17.8 Å². The smallest absolute Gasteiger partial charge is 0.148 e. The Balaban J connectivity index is 2.43. The summed E-state index contributed by atoms with van der Waals surface area (Å²) in [6.45, 7) is 4.16. The number of aryl methyl sites for hydroxylation is 2. The van der Waals surface area contributed by atoms with Crippen molar-refractivity contribution in [2.24, 2.45) is 0 Å². The first kappa shape index (κ1) is 13.6. The van der Waals surface area contributed by atoms with E-state index in [0.29, 0.717) is 5.75 Å².